The van der Waals surface area contributed by atoms with Crippen molar-refractivity contribution in [2.24, 2.45) is 0 Å². The number of ether oxygens (including phenoxy) is 3. The molecule has 1 aromatic heterocycles. The van der Waals surface area contributed by atoms with Gasteiger partial charge in [0.05, 0.1) is 27.1 Å². The second-order valence-corrected chi connectivity index (χ2v) is 8.27. The molecule has 0 radical (unpaired) electrons. The van der Waals surface area contributed by atoms with E-state index in [4.69, 9.17) is 31.5 Å². The Morgan fingerprint density at radius 1 is 1.03 bits per heavy atom. The average molecular weight is 496 g/mol. The van der Waals surface area contributed by atoms with Crippen LogP contribution < -0.4 is 24.9 Å². The first-order chi connectivity index (χ1) is 16.4. The van der Waals surface area contributed by atoms with Gasteiger partial charge in [-0.05, 0) is 42.0 Å². The number of halogens is 1. The molecule has 8 nitrogen and oxygen atoms in total. The number of H-pyrrole nitrogens is 1. The minimum Gasteiger partial charge on any atom is -0.493 e. The molecule has 0 fully saturated rings. The molecular formula is C24H20ClN4O4S+. The molecule has 1 heterocycles. The zero-order valence-corrected chi connectivity index (χ0v) is 20.1. The third-order valence-electron chi connectivity index (χ3n) is 4.94. The number of nitrogens with two attached hydrogens (primary N) is 1. The summed E-state index contributed by atoms with van der Waals surface area (Å²) in [6.07, 6.45) is 0. The van der Waals surface area contributed by atoms with Gasteiger partial charge in [0.1, 0.15) is 23.3 Å². The van der Waals surface area contributed by atoms with Crippen molar-refractivity contribution < 1.29 is 24.0 Å². The van der Waals surface area contributed by atoms with Crippen LogP contribution in [-0.4, -0.2) is 32.9 Å². The quantitative estimate of drug-likeness (QED) is 0.364. The van der Waals surface area contributed by atoms with Crippen molar-refractivity contribution in [2.75, 3.05) is 32.8 Å². The maximum Gasteiger partial charge on any atom is 0.289 e. The smallest absolute Gasteiger partial charge is 0.289 e. The second kappa shape index (κ2) is 10.8. The molecule has 0 aliphatic carbocycles. The molecule has 0 aliphatic rings. The molecule has 3 N–H and O–H groups in total. The number of nitrogens with one attached hydrogen (secondary N) is 1. The third kappa shape index (κ3) is 4.86. The van der Waals surface area contributed by atoms with Crippen LogP contribution in [0.2, 0.25) is 5.02 Å². The summed E-state index contributed by atoms with van der Waals surface area (Å²) in [6, 6.07) is 14.0. The lowest BCUT2D eigenvalue weighted by atomic mass is 9.96. The van der Waals surface area contributed by atoms with Gasteiger partial charge in [-0.3, -0.25) is 10.5 Å². The van der Waals surface area contributed by atoms with Crippen LogP contribution in [0.25, 0.3) is 11.1 Å². The number of pyridine rings is 1. The number of Topliss-reactive ketones (excluding diaryl/α,β-unsaturated/α-hetero) is 1. The molecule has 2 aromatic carbocycles. The van der Waals surface area contributed by atoms with Crippen molar-refractivity contribution in [1.82, 2.24) is 0 Å². The number of hydrogen-bond acceptors (Lipinski definition) is 8. The first kappa shape index (κ1) is 24.7. The molecular weight excluding hydrogens is 476 g/mol. The highest BCUT2D eigenvalue weighted by Crippen LogP contribution is 2.43. The van der Waals surface area contributed by atoms with Crippen LogP contribution in [0.15, 0.2) is 41.4 Å². The molecule has 0 aliphatic heterocycles. The zero-order valence-electron chi connectivity index (χ0n) is 18.6. The lowest BCUT2D eigenvalue weighted by Gasteiger charge is -2.16. The average Bonchev–Trinajstić information content (AvgIpc) is 2.86. The first-order valence-corrected chi connectivity index (χ1v) is 11.2. The standard InChI is InChI=1S/C24H19ClN4O4S/c1-31-19-8-14(9-20(32-2)22(19)33-3)21-16(10-26)23(28)29-24(17(21)11-27)34-12-18(30)13-4-6-15(25)7-5-13/h4-9H,12H2,1-3H3,(H2,28,29)/p+1. The second-order valence-electron chi connectivity index (χ2n) is 6.85. The maximum atomic E-state index is 12.6. The molecule has 0 unspecified atom stereocenters. The van der Waals surface area contributed by atoms with E-state index >= 15 is 0 Å². The monoisotopic (exact) mass is 495 g/mol. The summed E-state index contributed by atoms with van der Waals surface area (Å²) in [7, 11) is 4.41. The molecule has 34 heavy (non-hydrogen) atoms. The van der Waals surface area contributed by atoms with Crippen LogP contribution in [0.3, 0.4) is 0 Å². The zero-order chi connectivity index (χ0) is 24.8. The minimum atomic E-state index is -0.156. The summed E-state index contributed by atoms with van der Waals surface area (Å²) in [5, 5.41) is 20.7. The van der Waals surface area contributed by atoms with Gasteiger partial charge >= 0.3 is 0 Å². The van der Waals surface area contributed by atoms with E-state index in [0.29, 0.717) is 44.0 Å². The van der Waals surface area contributed by atoms with E-state index in [1.165, 1.54) is 21.3 Å². The van der Waals surface area contributed by atoms with Crippen LogP contribution in [0.5, 0.6) is 17.2 Å². The number of methoxy groups -OCH3 is 3. The van der Waals surface area contributed by atoms with Crippen LogP contribution >= 0.6 is 23.4 Å². The minimum absolute atomic E-state index is 0.0346. The van der Waals surface area contributed by atoms with Crippen LogP contribution in [0, 0.1) is 22.7 Å². The molecule has 0 amide bonds. The Morgan fingerprint density at radius 2 is 1.62 bits per heavy atom. The summed E-state index contributed by atoms with van der Waals surface area (Å²) in [5.74, 6) is 1.01. The van der Waals surface area contributed by atoms with Gasteiger partial charge < -0.3 is 14.2 Å². The molecule has 0 spiro atoms. The van der Waals surface area contributed by atoms with Gasteiger partial charge in [0.2, 0.25) is 5.75 Å². The van der Waals surface area contributed by atoms with Crippen molar-refractivity contribution in [3.05, 3.63) is 58.1 Å². The number of carbonyl (C=O) groups is 1. The molecule has 172 valence electrons. The number of rotatable bonds is 8. The summed E-state index contributed by atoms with van der Waals surface area (Å²) in [5.41, 5.74) is 7.63. The molecule has 0 saturated heterocycles. The predicted molar refractivity (Wildman–Crippen MR) is 128 cm³/mol. The van der Waals surface area contributed by atoms with Gasteiger partial charge in [0.15, 0.2) is 22.3 Å². The summed E-state index contributed by atoms with van der Waals surface area (Å²) in [4.78, 5) is 15.5. The number of benzene rings is 2. The number of anilines is 1. The molecule has 10 heteroatoms. The Morgan fingerprint density at radius 3 is 2.12 bits per heavy atom. The summed E-state index contributed by atoms with van der Waals surface area (Å²) < 4.78 is 16.2. The Bertz CT molecular complexity index is 1310. The van der Waals surface area contributed by atoms with Crippen LogP contribution in [-0.2, 0) is 0 Å². The molecule has 3 aromatic rings. The number of nitrogen functional groups attached to an aromatic ring is 1. The Kier molecular flexibility index (Phi) is 7.85. The van der Waals surface area contributed by atoms with E-state index in [2.05, 4.69) is 17.1 Å². The topological polar surface area (TPSA) is 132 Å². The fourth-order valence-corrected chi connectivity index (χ4v) is 4.36. The van der Waals surface area contributed by atoms with E-state index in [1.807, 2.05) is 0 Å². The lowest BCUT2D eigenvalue weighted by Crippen LogP contribution is -2.19. The van der Waals surface area contributed by atoms with Gasteiger partial charge in [-0.15, -0.1) is 0 Å². The Balaban J connectivity index is 2.12. The van der Waals surface area contributed by atoms with Gasteiger partial charge in [0, 0.05) is 16.1 Å². The summed E-state index contributed by atoms with van der Waals surface area (Å²) >= 11 is 7.00. The molecule has 0 saturated carbocycles. The number of aromatic nitrogens is 1. The number of hydrogen-bond donors (Lipinski definition) is 1. The van der Waals surface area contributed by atoms with E-state index in [0.717, 1.165) is 11.8 Å². The highest BCUT2D eigenvalue weighted by Gasteiger charge is 2.26. The fraction of sp³-hybridized carbons (Fsp3) is 0.167. The number of carbonyl (C=O) groups excluding carboxylic acids is 1. The fourth-order valence-electron chi connectivity index (χ4n) is 3.32. The number of nitriles is 2. The van der Waals surface area contributed by atoms with Gasteiger partial charge in [0.25, 0.3) is 5.82 Å². The molecule has 0 atom stereocenters. The van der Waals surface area contributed by atoms with Gasteiger partial charge in [-0.25, -0.2) is 4.98 Å². The van der Waals surface area contributed by atoms with E-state index in [1.54, 1.807) is 36.4 Å². The van der Waals surface area contributed by atoms with Crippen molar-refractivity contribution in [1.29, 1.82) is 10.5 Å². The lowest BCUT2D eigenvalue weighted by molar-refractivity contribution is -0.410. The van der Waals surface area contributed by atoms with Crippen LogP contribution in [0.1, 0.15) is 21.5 Å². The molecule has 3 rings (SSSR count). The summed E-state index contributed by atoms with van der Waals surface area (Å²) in [6.45, 7) is 0. The number of nitrogens with zero attached hydrogens (tertiary/aromatic N) is 2. The largest absolute Gasteiger partial charge is 0.493 e. The van der Waals surface area contributed by atoms with Gasteiger partial charge in [-0.2, -0.15) is 10.5 Å². The van der Waals surface area contributed by atoms with E-state index in [9.17, 15) is 15.3 Å². The Hall–Kier alpha value is -3.92. The van der Waals surface area contributed by atoms with E-state index in [-0.39, 0.29) is 28.5 Å². The van der Waals surface area contributed by atoms with Crippen molar-refractivity contribution in [2.45, 2.75) is 5.03 Å². The number of aromatic amines is 1. The normalized spacial score (nSPS) is 10.2. The number of thioether (sulfide) groups is 1. The van der Waals surface area contributed by atoms with Crippen molar-refractivity contribution in [3.8, 4) is 40.5 Å². The highest BCUT2D eigenvalue weighted by molar-refractivity contribution is 7.99. The van der Waals surface area contributed by atoms with Gasteiger partial charge in [-0.1, -0.05) is 23.4 Å². The maximum absolute atomic E-state index is 12.6. The third-order valence-corrected chi connectivity index (χ3v) is 6.19. The van der Waals surface area contributed by atoms with Crippen LogP contribution in [0.4, 0.5) is 5.82 Å². The van der Waals surface area contributed by atoms with E-state index < -0.39 is 0 Å². The first-order valence-electron chi connectivity index (χ1n) is 9.79. The highest BCUT2D eigenvalue weighted by atomic mass is 35.5. The number of ketones is 1. The SMILES string of the molecule is COc1cc(-c2c(C#N)c(N)[nH+]c(SCC(=O)c3ccc(Cl)cc3)c2C#N)cc(OC)c1OC. The predicted octanol–water partition coefficient (Wildman–Crippen LogP) is 4.15. The van der Waals surface area contributed by atoms with Crippen molar-refractivity contribution >= 4 is 35.0 Å². The molecule has 0 bridgehead atoms. The Labute approximate surface area is 205 Å². The van der Waals surface area contributed by atoms with Crippen molar-refractivity contribution in [3.63, 3.8) is 0 Å².